The summed E-state index contributed by atoms with van der Waals surface area (Å²) >= 11 is 6.00. The number of nitrogens with two attached hydrogens (primary N) is 2. The number of aliphatic imine (C=N–C) groups is 1. The van der Waals surface area contributed by atoms with Gasteiger partial charge in [0.15, 0.2) is 43.7 Å². The first-order chi connectivity index (χ1) is 54.9. The summed E-state index contributed by atoms with van der Waals surface area (Å²) in [6.45, 7) is 17.6. The van der Waals surface area contributed by atoms with Crippen LogP contribution in [0.15, 0.2) is 168 Å². The van der Waals surface area contributed by atoms with E-state index >= 15 is 14.4 Å². The predicted molar refractivity (Wildman–Crippen MR) is 422 cm³/mol. The third-order valence-corrected chi connectivity index (χ3v) is 27.1. The van der Waals surface area contributed by atoms with Crippen LogP contribution in [0, 0.1) is 16.7 Å². The number of ketones is 2. The number of carboxylic acids is 1. The van der Waals surface area contributed by atoms with Gasteiger partial charge in [-0.2, -0.15) is 13.2 Å². The van der Waals surface area contributed by atoms with Crippen LogP contribution >= 0.6 is 11.6 Å². The highest BCUT2D eigenvalue weighted by Crippen LogP contribution is 2.65. The number of nitrogens with zero attached hydrogens (tertiary/aromatic N) is 1. The molecule has 117 heavy (non-hydrogen) atoms. The molecule has 0 radical (unpaired) electrons. The van der Waals surface area contributed by atoms with Crippen LogP contribution < -0.4 is 32.7 Å². The Labute approximate surface area is 681 Å². The number of fused-ring (bicyclic) bond motifs is 5. The molecule has 9 rings (SSSR count). The average Bonchev–Trinajstić information content (AvgIpc) is 0.666. The van der Waals surface area contributed by atoms with Gasteiger partial charge in [-0.3, -0.25) is 48.1 Å². The van der Waals surface area contributed by atoms with Crippen LogP contribution in [0.1, 0.15) is 144 Å². The number of hydrogen-bond acceptors (Lipinski definition) is 21. The Morgan fingerprint density at radius 3 is 1.69 bits per heavy atom. The van der Waals surface area contributed by atoms with Crippen molar-refractivity contribution in [3.05, 3.63) is 191 Å². The zero-order chi connectivity index (χ0) is 86.3. The number of carbonyl (C=O) groups is 12. The number of ether oxygens (including phenoxy) is 6. The van der Waals surface area contributed by atoms with E-state index in [1.807, 2.05) is 33.9 Å². The highest BCUT2D eigenvalue weighted by molar-refractivity contribution is 6.74. The lowest BCUT2D eigenvalue weighted by atomic mass is 9.44. The number of amides is 4. The van der Waals surface area contributed by atoms with E-state index in [2.05, 4.69) is 26.3 Å². The Morgan fingerprint density at radius 2 is 1.21 bits per heavy atom. The molecule has 3 aliphatic carbocycles. The van der Waals surface area contributed by atoms with Crippen molar-refractivity contribution in [1.82, 2.24) is 21.3 Å². The molecule has 5 aromatic carbocycles. The summed E-state index contributed by atoms with van der Waals surface area (Å²) in [7, 11) is -3.08. The zero-order valence-electron chi connectivity index (χ0n) is 66.8. The largest absolute Gasteiger partial charge is 0.490 e. The van der Waals surface area contributed by atoms with Crippen LogP contribution in [0.2, 0.25) is 18.1 Å². The van der Waals surface area contributed by atoms with Gasteiger partial charge in [-0.1, -0.05) is 162 Å². The molecule has 1 saturated heterocycles. The van der Waals surface area contributed by atoms with Crippen molar-refractivity contribution in [2.45, 2.75) is 210 Å². The van der Waals surface area contributed by atoms with Crippen LogP contribution in [0.5, 0.6) is 0 Å². The van der Waals surface area contributed by atoms with Crippen molar-refractivity contribution in [1.29, 1.82) is 0 Å². The molecule has 28 nitrogen and oxygen atoms in total. The number of carbonyl (C=O) groups excluding carboxylic acids is 11. The van der Waals surface area contributed by atoms with Crippen LogP contribution in [-0.2, 0) is 93.6 Å². The van der Waals surface area contributed by atoms with Crippen molar-refractivity contribution in [2.24, 2.45) is 33.2 Å². The third kappa shape index (κ3) is 22.0. The van der Waals surface area contributed by atoms with Gasteiger partial charge in [0.25, 0.3) is 5.91 Å². The summed E-state index contributed by atoms with van der Waals surface area (Å²) in [5.74, 6) is -14.7. The van der Waals surface area contributed by atoms with Crippen LogP contribution in [0.3, 0.4) is 0 Å². The standard InChI is InChI=1S/C82H100ClN7O19Si.C2HF3O2/c1-48-60(105-76(101)68(109-110(10,11)78(4,5)6)66(53-32-21-14-22-33-53)90-72(97)54-34-23-15-24-35-54)45-82(102)71(107-75(100)55-36-25-16-26-37-55)69-80(9,70(96)67(104-49(2)91)65(48)79(82,7)8)61(44-62-81(69,47-103-62)108-50(3)92)106-64(95)40-39-63(94)87-57(42-51-28-17-12-18-29-51)73(98)89-58(43-52-30-19-13-20-31-52)74(99)88-56(59(93)46-83)38-27-41-86-77(84)85;3-2(4,5)1(6)7/h12-26,28-37,56-58,60-62,66-69,71,102H,27,38-47H2,1-11H3,(H,87,94)(H,88,99)(H,89,98)(H,90,97)(H4,84,85,86);(H,6,7)/t56-,57-,58-,60-,61-,62+,66-,67+,68+,69-,71-,80+,81-,82+;/m0./s1. The van der Waals surface area contributed by atoms with E-state index in [-0.39, 0.29) is 60.5 Å². The lowest BCUT2D eigenvalue weighted by Crippen LogP contribution is -2.82. The second-order valence-corrected chi connectivity index (χ2v) is 36.7. The number of rotatable bonds is 31. The number of guanidine groups is 1. The van der Waals surface area contributed by atoms with E-state index in [0.717, 1.165) is 13.8 Å². The molecule has 3 fully saturated rings. The first-order valence-corrected chi connectivity index (χ1v) is 41.5. The number of aliphatic hydroxyl groups is 1. The lowest BCUT2D eigenvalue weighted by Gasteiger charge is -2.67. The molecule has 10 N–H and O–H groups in total. The average molecular weight is 1670 g/mol. The molecule has 2 bridgehead atoms. The smallest absolute Gasteiger partial charge is 0.475 e. The molecule has 1 heterocycles. The minimum atomic E-state index is -5.08. The van der Waals surface area contributed by atoms with Crippen molar-refractivity contribution < 1.29 is 114 Å². The van der Waals surface area contributed by atoms with E-state index in [0.29, 0.717) is 16.7 Å². The number of halogens is 4. The molecule has 2 saturated carbocycles. The van der Waals surface area contributed by atoms with Gasteiger partial charge in [0.1, 0.15) is 42.1 Å². The Hall–Kier alpha value is -10.7. The van der Waals surface area contributed by atoms with E-state index in [1.54, 1.807) is 153 Å². The first-order valence-electron chi connectivity index (χ1n) is 38.0. The number of Topliss-reactive ketones (excluding diaryl/α,β-unsaturated/α-hetero) is 2. The SMILES string of the molecule is CC(=O)O[C@H]1C(=O)[C@]2(C)[C@@H](OC(=O)CCC(=O)N[C@@H](Cc3ccccc3)C(=O)N[C@@H](Cc3ccccc3)C(=O)N[C@@H](CCCN=C(N)N)C(=O)CCl)C[C@H]3OC[C@@]3(OC(C)=O)[C@H]2[C@H](OC(=O)c2ccccc2)[C@]2(O)C[C@H](OC(=O)[C@H](O[Si](C)(C)C(C)(C)C)[C@@H](NC(=O)c3ccccc3)c3ccccc3)C(C)=C1C2(C)C.O=C(O)C(F)(F)F. The molecule has 4 amide bonds. The summed E-state index contributed by atoms with van der Waals surface area (Å²) < 4.78 is 77.6. The molecule has 4 aliphatic rings. The fourth-order valence-electron chi connectivity index (χ4n) is 15.2. The van der Waals surface area contributed by atoms with Crippen molar-refractivity contribution in [3.8, 4) is 0 Å². The van der Waals surface area contributed by atoms with Crippen LogP contribution in [0.25, 0.3) is 0 Å². The quantitative estimate of drug-likeness (QED) is 0.00301. The molecule has 14 atom stereocenters. The Balaban J connectivity index is 0.00000233. The number of benzene rings is 5. The fourth-order valence-corrected chi connectivity index (χ4v) is 16.6. The number of alkyl halides is 4. The lowest BCUT2D eigenvalue weighted by molar-refractivity contribution is -0.346. The second kappa shape index (κ2) is 38.6. The molecular formula is C84H101ClF3N7O21Si. The highest BCUT2D eigenvalue weighted by atomic mass is 35.5. The summed E-state index contributed by atoms with van der Waals surface area (Å²) in [5, 5.41) is 32.5. The Bertz CT molecular complexity index is 4500. The van der Waals surface area contributed by atoms with Gasteiger partial charge in [0.05, 0.1) is 47.9 Å². The van der Waals surface area contributed by atoms with Gasteiger partial charge in [-0.25, -0.2) is 14.4 Å². The van der Waals surface area contributed by atoms with Gasteiger partial charge in [0.2, 0.25) is 17.7 Å². The number of carboxylic acid groups (broad SMARTS) is 1. The molecule has 630 valence electrons. The summed E-state index contributed by atoms with van der Waals surface area (Å²) in [6.07, 6.45) is -17.6. The minimum Gasteiger partial charge on any atom is -0.475 e. The van der Waals surface area contributed by atoms with E-state index in [1.165, 1.54) is 26.0 Å². The summed E-state index contributed by atoms with van der Waals surface area (Å²) in [4.78, 5) is 175. The van der Waals surface area contributed by atoms with Gasteiger partial charge in [-0.15, -0.1) is 11.6 Å². The molecule has 1 aliphatic heterocycles. The first kappa shape index (κ1) is 91.8. The zero-order valence-corrected chi connectivity index (χ0v) is 68.6. The van der Waals surface area contributed by atoms with Gasteiger partial charge < -0.3 is 75.8 Å². The maximum atomic E-state index is 16.9. The highest BCUT2D eigenvalue weighted by Gasteiger charge is 2.79. The molecule has 5 aromatic rings. The molecule has 0 spiro atoms. The van der Waals surface area contributed by atoms with Gasteiger partial charge in [0, 0.05) is 63.5 Å². The maximum absolute atomic E-state index is 16.9. The second-order valence-electron chi connectivity index (χ2n) is 31.6. The van der Waals surface area contributed by atoms with Gasteiger partial charge in [-0.05, 0) is 96.9 Å². The van der Waals surface area contributed by atoms with Crippen molar-refractivity contribution in [3.63, 3.8) is 0 Å². The van der Waals surface area contributed by atoms with Crippen LogP contribution in [-0.4, -0.2) is 187 Å². The molecule has 33 heteroatoms. The van der Waals surface area contributed by atoms with Crippen molar-refractivity contribution in [2.75, 3.05) is 19.0 Å². The topological polar surface area (TPSA) is 422 Å². The number of hydrogen-bond donors (Lipinski definition) is 8. The Morgan fingerprint density at radius 1 is 0.692 bits per heavy atom. The van der Waals surface area contributed by atoms with E-state index in [4.69, 9.17) is 65.8 Å². The molecule has 0 aromatic heterocycles. The normalized spacial score (nSPS) is 23.2. The van der Waals surface area contributed by atoms with E-state index < -0.39 is 217 Å². The molecule has 0 unspecified atom stereocenters. The number of nitrogens with one attached hydrogen (secondary N) is 4. The minimum absolute atomic E-state index is 0.0268. The number of aliphatic carboxylic acids is 1. The van der Waals surface area contributed by atoms with Gasteiger partial charge >= 0.3 is 42.0 Å². The maximum Gasteiger partial charge on any atom is 0.490 e. The number of esters is 5. The van der Waals surface area contributed by atoms with Crippen LogP contribution in [0.4, 0.5) is 13.2 Å². The molecular weight excluding hydrogens is 1560 g/mol. The Kier molecular flexibility index (Phi) is 30.3. The summed E-state index contributed by atoms with van der Waals surface area (Å²) in [5.41, 5.74) is 4.11. The third-order valence-electron chi connectivity index (χ3n) is 22.4. The fraction of sp³-hybridized carbons (Fsp3) is 0.464. The predicted octanol–water partition coefficient (Wildman–Crippen LogP) is 8.53. The summed E-state index contributed by atoms with van der Waals surface area (Å²) in [6, 6.07) is 37.1. The monoisotopic (exact) mass is 1660 g/mol. The van der Waals surface area contributed by atoms with Crippen molar-refractivity contribution >= 4 is 96.9 Å². The van der Waals surface area contributed by atoms with E-state index in [9.17, 15) is 56.6 Å².